The van der Waals surface area contributed by atoms with Gasteiger partial charge in [0.25, 0.3) is 0 Å². The van der Waals surface area contributed by atoms with Crippen molar-refractivity contribution in [3.05, 3.63) is 48.0 Å². The summed E-state index contributed by atoms with van der Waals surface area (Å²) in [5.41, 5.74) is 2.41. The molecule has 0 spiro atoms. The molecular weight excluding hydrogens is 250 g/mol. The van der Waals surface area contributed by atoms with Gasteiger partial charge in [0.15, 0.2) is 0 Å². The van der Waals surface area contributed by atoms with Gasteiger partial charge in [-0.3, -0.25) is 0 Å². The predicted octanol–water partition coefficient (Wildman–Crippen LogP) is 3.06. The lowest BCUT2D eigenvalue weighted by atomic mass is 10.2. The molecule has 0 radical (unpaired) electrons. The van der Waals surface area contributed by atoms with Crippen LogP contribution in [0.15, 0.2) is 41.3 Å². The first kappa shape index (κ1) is 14.6. The van der Waals surface area contributed by atoms with Gasteiger partial charge < -0.3 is 14.6 Å². The van der Waals surface area contributed by atoms with Gasteiger partial charge in [-0.2, -0.15) is 0 Å². The molecular formula is C16H23N3O. The number of nitrogens with zero attached hydrogens (tertiary/aromatic N) is 2. The molecule has 0 atom stereocenters. The van der Waals surface area contributed by atoms with Crippen LogP contribution in [-0.4, -0.2) is 18.6 Å². The van der Waals surface area contributed by atoms with Gasteiger partial charge in [-0.25, -0.2) is 4.98 Å². The molecule has 0 saturated heterocycles. The monoisotopic (exact) mass is 273 g/mol. The normalized spacial score (nSPS) is 11.0. The Balaban J connectivity index is 1.94. The zero-order chi connectivity index (χ0) is 14.4. The summed E-state index contributed by atoms with van der Waals surface area (Å²) in [4.78, 5) is 6.55. The van der Waals surface area contributed by atoms with Gasteiger partial charge in [0.2, 0.25) is 0 Å². The first-order valence-electron chi connectivity index (χ1n) is 7.03. The molecule has 20 heavy (non-hydrogen) atoms. The largest absolute Gasteiger partial charge is 0.472 e. The van der Waals surface area contributed by atoms with Crippen LogP contribution in [0.5, 0.6) is 0 Å². The van der Waals surface area contributed by atoms with E-state index in [1.807, 2.05) is 19.3 Å². The highest BCUT2D eigenvalue weighted by Crippen LogP contribution is 2.14. The first-order chi connectivity index (χ1) is 9.65. The minimum Gasteiger partial charge on any atom is -0.472 e. The number of pyridine rings is 1. The minimum absolute atomic E-state index is 0.667. The summed E-state index contributed by atoms with van der Waals surface area (Å²) in [5, 5.41) is 3.45. The van der Waals surface area contributed by atoms with Crippen LogP contribution >= 0.6 is 0 Å². The molecule has 0 saturated carbocycles. The molecule has 0 bridgehead atoms. The Labute approximate surface area is 120 Å². The van der Waals surface area contributed by atoms with Crippen molar-refractivity contribution < 1.29 is 4.42 Å². The number of furan rings is 1. The topological polar surface area (TPSA) is 41.3 Å². The number of nitrogens with one attached hydrogen (secondary N) is 1. The van der Waals surface area contributed by atoms with Crippen molar-refractivity contribution >= 4 is 5.82 Å². The van der Waals surface area contributed by atoms with Gasteiger partial charge in [-0.05, 0) is 36.2 Å². The van der Waals surface area contributed by atoms with Crippen LogP contribution in [0.2, 0.25) is 0 Å². The lowest BCUT2D eigenvalue weighted by Crippen LogP contribution is -2.20. The van der Waals surface area contributed by atoms with E-state index in [1.54, 1.807) is 12.5 Å². The lowest BCUT2D eigenvalue weighted by molar-refractivity contribution is 0.552. The second kappa shape index (κ2) is 7.10. The zero-order valence-corrected chi connectivity index (χ0v) is 12.5. The molecule has 0 aliphatic carbocycles. The molecule has 2 aromatic heterocycles. The summed E-state index contributed by atoms with van der Waals surface area (Å²) in [6.07, 6.45) is 5.33. The SMILES string of the molecule is CC(C)CNCc1ccnc(N(C)Cc2ccoc2)c1. The van der Waals surface area contributed by atoms with Gasteiger partial charge in [-0.15, -0.1) is 0 Å². The number of hydrogen-bond donors (Lipinski definition) is 1. The maximum Gasteiger partial charge on any atom is 0.128 e. The Bertz CT molecular complexity index is 508. The van der Waals surface area contributed by atoms with Crippen LogP contribution in [-0.2, 0) is 13.1 Å². The minimum atomic E-state index is 0.667. The Morgan fingerprint density at radius 3 is 2.85 bits per heavy atom. The fourth-order valence-electron chi connectivity index (χ4n) is 2.02. The molecule has 2 heterocycles. The number of anilines is 1. The Morgan fingerprint density at radius 1 is 1.30 bits per heavy atom. The Morgan fingerprint density at radius 2 is 2.15 bits per heavy atom. The summed E-state index contributed by atoms with van der Waals surface area (Å²) in [6, 6.07) is 6.17. The van der Waals surface area contributed by atoms with Crippen LogP contribution in [0.4, 0.5) is 5.82 Å². The van der Waals surface area contributed by atoms with E-state index >= 15 is 0 Å². The fraction of sp³-hybridized carbons (Fsp3) is 0.438. The van der Waals surface area contributed by atoms with Crippen molar-refractivity contribution in [1.82, 2.24) is 10.3 Å². The van der Waals surface area contributed by atoms with E-state index in [4.69, 9.17) is 4.42 Å². The van der Waals surface area contributed by atoms with E-state index in [0.29, 0.717) is 5.92 Å². The van der Waals surface area contributed by atoms with Gasteiger partial charge in [0, 0.05) is 31.9 Å². The molecule has 2 rings (SSSR count). The fourth-order valence-corrected chi connectivity index (χ4v) is 2.02. The van der Waals surface area contributed by atoms with Crippen LogP contribution in [0.25, 0.3) is 0 Å². The van der Waals surface area contributed by atoms with E-state index in [-0.39, 0.29) is 0 Å². The Kier molecular flexibility index (Phi) is 5.18. The summed E-state index contributed by atoms with van der Waals surface area (Å²) in [5.74, 6) is 1.65. The lowest BCUT2D eigenvalue weighted by Gasteiger charge is -2.18. The second-order valence-corrected chi connectivity index (χ2v) is 5.53. The van der Waals surface area contributed by atoms with Gasteiger partial charge in [-0.1, -0.05) is 13.8 Å². The maximum atomic E-state index is 5.09. The molecule has 0 aliphatic rings. The average molecular weight is 273 g/mol. The molecule has 0 fully saturated rings. The van der Waals surface area contributed by atoms with Crippen molar-refractivity contribution in [2.24, 2.45) is 5.92 Å². The molecule has 4 heteroatoms. The van der Waals surface area contributed by atoms with Crippen molar-refractivity contribution in [3.8, 4) is 0 Å². The van der Waals surface area contributed by atoms with E-state index < -0.39 is 0 Å². The van der Waals surface area contributed by atoms with Crippen molar-refractivity contribution in [2.75, 3.05) is 18.5 Å². The van der Waals surface area contributed by atoms with Crippen LogP contribution in [0.3, 0.4) is 0 Å². The molecule has 0 aliphatic heterocycles. The molecule has 108 valence electrons. The third kappa shape index (κ3) is 4.38. The van der Waals surface area contributed by atoms with Gasteiger partial charge >= 0.3 is 0 Å². The van der Waals surface area contributed by atoms with Gasteiger partial charge in [0.1, 0.15) is 5.82 Å². The van der Waals surface area contributed by atoms with E-state index in [9.17, 15) is 0 Å². The molecule has 0 aromatic carbocycles. The molecule has 4 nitrogen and oxygen atoms in total. The molecule has 2 aromatic rings. The van der Waals surface area contributed by atoms with Crippen LogP contribution in [0, 0.1) is 5.92 Å². The number of hydrogen-bond acceptors (Lipinski definition) is 4. The molecule has 0 amide bonds. The van der Waals surface area contributed by atoms with E-state index in [2.05, 4.69) is 41.2 Å². The van der Waals surface area contributed by atoms with Crippen LogP contribution < -0.4 is 10.2 Å². The molecule has 0 unspecified atom stereocenters. The van der Waals surface area contributed by atoms with Crippen LogP contribution in [0.1, 0.15) is 25.0 Å². The number of rotatable bonds is 7. The summed E-state index contributed by atoms with van der Waals surface area (Å²) >= 11 is 0. The highest BCUT2D eigenvalue weighted by Gasteiger charge is 2.05. The number of aromatic nitrogens is 1. The molecule has 1 N–H and O–H groups in total. The highest BCUT2D eigenvalue weighted by atomic mass is 16.3. The third-order valence-corrected chi connectivity index (χ3v) is 3.08. The second-order valence-electron chi connectivity index (χ2n) is 5.53. The first-order valence-corrected chi connectivity index (χ1v) is 7.03. The van der Waals surface area contributed by atoms with E-state index in [1.165, 1.54) is 5.56 Å². The summed E-state index contributed by atoms with van der Waals surface area (Å²) in [6.45, 7) is 7.13. The van der Waals surface area contributed by atoms with E-state index in [0.717, 1.165) is 31.0 Å². The summed E-state index contributed by atoms with van der Waals surface area (Å²) < 4.78 is 5.09. The Hall–Kier alpha value is -1.81. The summed E-state index contributed by atoms with van der Waals surface area (Å²) in [7, 11) is 2.04. The van der Waals surface area contributed by atoms with Crippen molar-refractivity contribution in [2.45, 2.75) is 26.9 Å². The smallest absolute Gasteiger partial charge is 0.128 e. The third-order valence-electron chi connectivity index (χ3n) is 3.08. The highest BCUT2D eigenvalue weighted by molar-refractivity contribution is 5.40. The quantitative estimate of drug-likeness (QED) is 0.842. The zero-order valence-electron chi connectivity index (χ0n) is 12.5. The predicted molar refractivity (Wildman–Crippen MR) is 81.6 cm³/mol. The van der Waals surface area contributed by atoms with Crippen molar-refractivity contribution in [3.63, 3.8) is 0 Å². The van der Waals surface area contributed by atoms with Gasteiger partial charge in [0.05, 0.1) is 12.5 Å². The standard InChI is InChI=1S/C16H23N3O/c1-13(2)9-17-10-14-4-6-18-16(8-14)19(3)11-15-5-7-20-12-15/h4-8,12-13,17H,9-11H2,1-3H3. The van der Waals surface area contributed by atoms with Crippen molar-refractivity contribution in [1.29, 1.82) is 0 Å². The maximum absolute atomic E-state index is 5.09. The average Bonchev–Trinajstić information content (AvgIpc) is 2.91.